The van der Waals surface area contributed by atoms with Crippen molar-refractivity contribution in [2.45, 2.75) is 6.61 Å². The molecule has 5 heteroatoms. The van der Waals surface area contributed by atoms with E-state index in [9.17, 15) is 4.79 Å². The van der Waals surface area contributed by atoms with Crippen LogP contribution in [0.2, 0.25) is 0 Å². The van der Waals surface area contributed by atoms with E-state index in [-0.39, 0.29) is 6.09 Å². The molecule has 2 heterocycles. The molecular weight excluding hydrogens is 242 g/mol. The highest BCUT2D eigenvalue weighted by Gasteiger charge is 2.23. The van der Waals surface area contributed by atoms with Gasteiger partial charge >= 0.3 is 6.09 Å². The molecule has 0 atom stereocenters. The molecule has 0 unspecified atom stereocenters. The second kappa shape index (κ2) is 5.06. The summed E-state index contributed by atoms with van der Waals surface area (Å²) in [5.41, 5.74) is 2.81. The van der Waals surface area contributed by atoms with Gasteiger partial charge in [0.15, 0.2) is 0 Å². The lowest BCUT2D eigenvalue weighted by Gasteiger charge is -2.24. The van der Waals surface area contributed by atoms with E-state index < -0.39 is 0 Å². The summed E-state index contributed by atoms with van der Waals surface area (Å²) in [5, 5.41) is 7.79. The lowest BCUT2D eigenvalue weighted by Crippen LogP contribution is -2.35. The predicted octanol–water partition coefficient (Wildman–Crippen LogP) is 2.87. The molecule has 19 heavy (non-hydrogen) atoms. The first-order valence-electron chi connectivity index (χ1n) is 6.09. The minimum Gasteiger partial charge on any atom is -0.445 e. The number of hydrogen-bond donors (Lipinski definition) is 0. The van der Waals surface area contributed by atoms with Crippen LogP contribution in [-0.2, 0) is 11.3 Å². The highest BCUT2D eigenvalue weighted by Crippen LogP contribution is 2.24. The minimum absolute atomic E-state index is 0.292. The number of carbonyl (C=O) groups is 1. The van der Waals surface area contributed by atoms with Crippen LogP contribution in [0.5, 0.6) is 0 Å². The zero-order valence-corrected chi connectivity index (χ0v) is 10.3. The van der Waals surface area contributed by atoms with Crippen molar-refractivity contribution >= 4 is 6.09 Å². The molecule has 5 nitrogen and oxygen atoms in total. The van der Waals surface area contributed by atoms with E-state index in [1.165, 1.54) is 0 Å². The monoisotopic (exact) mass is 255 g/mol. The smallest absolute Gasteiger partial charge is 0.410 e. The van der Waals surface area contributed by atoms with Crippen molar-refractivity contribution in [3.8, 4) is 0 Å². The molecule has 0 aliphatic carbocycles. The molecule has 0 spiro atoms. The molecule has 0 fully saturated rings. The molecule has 0 radical (unpaired) electrons. The number of fused-ring (bicyclic) bond motifs is 1. The molecule has 1 amide bonds. The van der Waals surface area contributed by atoms with Crippen LogP contribution < -0.4 is 0 Å². The van der Waals surface area contributed by atoms with E-state index in [2.05, 4.69) is 10.2 Å². The van der Waals surface area contributed by atoms with Gasteiger partial charge in [-0.1, -0.05) is 30.3 Å². The van der Waals surface area contributed by atoms with Gasteiger partial charge in [0.1, 0.15) is 6.61 Å². The van der Waals surface area contributed by atoms with Gasteiger partial charge in [0, 0.05) is 12.1 Å². The van der Waals surface area contributed by atoms with Crippen molar-refractivity contribution in [3.05, 3.63) is 59.4 Å². The molecule has 2 aliphatic heterocycles. The Morgan fingerprint density at radius 2 is 2.16 bits per heavy atom. The van der Waals surface area contributed by atoms with Gasteiger partial charge in [0.05, 0.1) is 18.4 Å². The van der Waals surface area contributed by atoms with Crippen LogP contribution in [0, 0.1) is 0 Å². The predicted molar refractivity (Wildman–Crippen MR) is 69.2 cm³/mol. The van der Waals surface area contributed by atoms with Crippen LogP contribution in [0.3, 0.4) is 0 Å². The Kier molecular flexibility index (Phi) is 3.10. The van der Waals surface area contributed by atoms with Crippen molar-refractivity contribution in [2.24, 2.45) is 10.2 Å². The number of amides is 1. The Labute approximate surface area is 110 Å². The summed E-state index contributed by atoms with van der Waals surface area (Å²) in [7, 11) is 0. The average Bonchev–Trinajstić information content (AvgIpc) is 2.93. The SMILES string of the molecule is O=C(OCc1ccccc1)N1CC=C2N=NC=C2C1. The fourth-order valence-corrected chi connectivity index (χ4v) is 2.00. The largest absolute Gasteiger partial charge is 0.445 e. The molecule has 1 aromatic rings. The fraction of sp³-hybridized carbons (Fsp3) is 0.214. The van der Waals surface area contributed by atoms with E-state index in [1.807, 2.05) is 36.4 Å². The fourth-order valence-electron chi connectivity index (χ4n) is 2.00. The van der Waals surface area contributed by atoms with E-state index in [4.69, 9.17) is 4.74 Å². The van der Waals surface area contributed by atoms with Gasteiger partial charge in [0.2, 0.25) is 0 Å². The Hall–Kier alpha value is -2.43. The number of hydrogen-bond acceptors (Lipinski definition) is 4. The Morgan fingerprint density at radius 3 is 3.00 bits per heavy atom. The number of azo groups is 1. The van der Waals surface area contributed by atoms with Crippen LogP contribution in [0.15, 0.2) is 64.1 Å². The van der Waals surface area contributed by atoms with E-state index in [1.54, 1.807) is 11.1 Å². The summed E-state index contributed by atoms with van der Waals surface area (Å²) >= 11 is 0. The number of rotatable bonds is 2. The van der Waals surface area contributed by atoms with Crippen molar-refractivity contribution in [1.29, 1.82) is 0 Å². The second-order valence-electron chi connectivity index (χ2n) is 4.38. The summed E-state index contributed by atoms with van der Waals surface area (Å²) in [5.74, 6) is 0. The molecule has 0 aromatic heterocycles. The third-order valence-electron chi connectivity index (χ3n) is 3.04. The third kappa shape index (κ3) is 2.54. The van der Waals surface area contributed by atoms with Crippen LogP contribution in [-0.4, -0.2) is 24.1 Å². The Morgan fingerprint density at radius 1 is 1.32 bits per heavy atom. The number of carbonyl (C=O) groups excluding carboxylic acids is 1. The van der Waals surface area contributed by atoms with Gasteiger partial charge in [-0.15, -0.1) is 0 Å². The minimum atomic E-state index is -0.313. The van der Waals surface area contributed by atoms with E-state index in [0.29, 0.717) is 19.7 Å². The summed E-state index contributed by atoms with van der Waals surface area (Å²) in [6, 6.07) is 9.64. The first-order valence-corrected chi connectivity index (χ1v) is 6.09. The van der Waals surface area contributed by atoms with Crippen LogP contribution in [0.4, 0.5) is 4.79 Å². The first-order chi connectivity index (χ1) is 9.33. The Balaban J connectivity index is 1.57. The van der Waals surface area contributed by atoms with Gasteiger partial charge < -0.3 is 4.74 Å². The lowest BCUT2D eigenvalue weighted by molar-refractivity contribution is 0.102. The number of ether oxygens (including phenoxy) is 1. The van der Waals surface area contributed by atoms with Gasteiger partial charge in [-0.25, -0.2) is 4.79 Å². The maximum absolute atomic E-state index is 11.9. The molecule has 0 bridgehead atoms. The van der Waals surface area contributed by atoms with Crippen LogP contribution in [0.25, 0.3) is 0 Å². The molecule has 2 aliphatic rings. The normalized spacial score (nSPS) is 16.7. The third-order valence-corrected chi connectivity index (χ3v) is 3.04. The lowest BCUT2D eigenvalue weighted by atomic mass is 10.1. The topological polar surface area (TPSA) is 54.3 Å². The van der Waals surface area contributed by atoms with Crippen molar-refractivity contribution in [3.63, 3.8) is 0 Å². The molecule has 0 N–H and O–H groups in total. The zero-order chi connectivity index (χ0) is 13.1. The van der Waals surface area contributed by atoms with E-state index in [0.717, 1.165) is 16.8 Å². The van der Waals surface area contributed by atoms with Gasteiger partial charge in [-0.2, -0.15) is 10.2 Å². The summed E-state index contributed by atoms with van der Waals surface area (Å²) in [4.78, 5) is 13.6. The van der Waals surface area contributed by atoms with Crippen LogP contribution >= 0.6 is 0 Å². The Bertz CT molecular complexity index is 576. The maximum atomic E-state index is 11.9. The highest BCUT2D eigenvalue weighted by molar-refractivity contribution is 5.69. The second-order valence-corrected chi connectivity index (χ2v) is 4.38. The number of benzene rings is 1. The molecule has 3 rings (SSSR count). The molecule has 0 saturated heterocycles. The van der Waals surface area contributed by atoms with Gasteiger partial charge in [-0.3, -0.25) is 4.90 Å². The molecule has 1 aromatic carbocycles. The zero-order valence-electron chi connectivity index (χ0n) is 10.3. The van der Waals surface area contributed by atoms with Gasteiger partial charge in [0.25, 0.3) is 0 Å². The van der Waals surface area contributed by atoms with E-state index >= 15 is 0 Å². The van der Waals surface area contributed by atoms with Crippen LogP contribution in [0.1, 0.15) is 5.56 Å². The average molecular weight is 255 g/mol. The first kappa shape index (κ1) is 11.6. The molecular formula is C14H13N3O2. The quantitative estimate of drug-likeness (QED) is 0.815. The van der Waals surface area contributed by atoms with Gasteiger partial charge in [-0.05, 0) is 11.6 Å². The van der Waals surface area contributed by atoms with Crippen molar-refractivity contribution in [1.82, 2.24) is 4.90 Å². The highest BCUT2D eigenvalue weighted by atomic mass is 16.6. The van der Waals surface area contributed by atoms with Crippen molar-refractivity contribution < 1.29 is 9.53 Å². The standard InChI is InChI=1S/C14H13N3O2/c18-14(19-10-11-4-2-1-3-5-11)17-7-6-13-12(9-17)8-15-16-13/h1-6,8H,7,9-10H2. The maximum Gasteiger partial charge on any atom is 0.410 e. The number of nitrogens with zero attached hydrogens (tertiary/aromatic N) is 3. The summed E-state index contributed by atoms with van der Waals surface area (Å²) in [6.07, 6.45) is 3.25. The molecule has 0 saturated carbocycles. The summed E-state index contributed by atoms with van der Waals surface area (Å²) < 4.78 is 5.29. The molecule has 96 valence electrons. The summed E-state index contributed by atoms with van der Waals surface area (Å²) in [6.45, 7) is 1.31. The van der Waals surface area contributed by atoms with Crippen molar-refractivity contribution in [2.75, 3.05) is 13.1 Å².